The Bertz CT molecular complexity index is 199. The molecule has 0 spiro atoms. The van der Waals surface area contributed by atoms with Crippen LogP contribution in [0, 0.1) is 0 Å². The molecular weight excluding hydrogens is 164 g/mol. The minimum Gasteiger partial charge on any atom is -0.358 e. The summed E-state index contributed by atoms with van der Waals surface area (Å²) in [5, 5.41) is 5.69. The molecule has 0 aromatic carbocycles. The molecule has 0 saturated heterocycles. The van der Waals surface area contributed by atoms with E-state index in [1.54, 1.807) is 12.6 Å². The van der Waals surface area contributed by atoms with Gasteiger partial charge in [-0.15, -0.1) is 0 Å². The average Bonchev–Trinajstić information content (AvgIpc) is 2.64. The molecule has 1 aliphatic rings. The largest absolute Gasteiger partial charge is 0.358 e. The lowest BCUT2D eigenvalue weighted by atomic mass is 10.2. The summed E-state index contributed by atoms with van der Waals surface area (Å²) in [7, 11) is 1.66. The lowest BCUT2D eigenvalue weighted by molar-refractivity contribution is -0.119. The molecule has 1 amide bonds. The molecule has 0 radical (unpaired) electrons. The van der Waals surface area contributed by atoms with E-state index in [1.807, 2.05) is 0 Å². The number of nitrogens with one attached hydrogen (secondary N) is 2. The SMILES string of the molecule is CNC(=O)CNCCC1=CCCC1. The zero-order valence-electron chi connectivity index (χ0n) is 8.23. The van der Waals surface area contributed by atoms with E-state index in [2.05, 4.69) is 16.7 Å². The predicted octanol–water partition coefficient (Wildman–Crippen LogP) is 0.822. The van der Waals surface area contributed by atoms with E-state index in [9.17, 15) is 4.79 Å². The first-order chi connectivity index (χ1) is 6.33. The first-order valence-corrected chi connectivity index (χ1v) is 4.92. The molecule has 3 nitrogen and oxygen atoms in total. The van der Waals surface area contributed by atoms with Gasteiger partial charge in [-0.25, -0.2) is 0 Å². The summed E-state index contributed by atoms with van der Waals surface area (Å²) in [6, 6.07) is 0. The smallest absolute Gasteiger partial charge is 0.233 e. The Morgan fingerprint density at radius 3 is 3.08 bits per heavy atom. The summed E-state index contributed by atoms with van der Waals surface area (Å²) >= 11 is 0. The molecule has 3 heteroatoms. The number of hydrogen-bond acceptors (Lipinski definition) is 2. The van der Waals surface area contributed by atoms with Gasteiger partial charge in [-0.1, -0.05) is 11.6 Å². The van der Waals surface area contributed by atoms with Crippen molar-refractivity contribution in [2.24, 2.45) is 0 Å². The number of hydrogen-bond donors (Lipinski definition) is 2. The first-order valence-electron chi connectivity index (χ1n) is 4.92. The molecule has 1 aliphatic carbocycles. The fourth-order valence-electron chi connectivity index (χ4n) is 1.50. The van der Waals surface area contributed by atoms with Gasteiger partial charge in [-0.3, -0.25) is 4.79 Å². The van der Waals surface area contributed by atoms with Crippen LogP contribution in [0.1, 0.15) is 25.7 Å². The molecule has 0 atom stereocenters. The van der Waals surface area contributed by atoms with Crippen LogP contribution in [0.15, 0.2) is 11.6 Å². The maximum atomic E-state index is 10.8. The molecule has 1 rings (SSSR count). The Kier molecular flexibility index (Phi) is 4.54. The van der Waals surface area contributed by atoms with Crippen LogP contribution >= 0.6 is 0 Å². The molecule has 13 heavy (non-hydrogen) atoms. The van der Waals surface area contributed by atoms with Crippen LogP contribution in [0.5, 0.6) is 0 Å². The van der Waals surface area contributed by atoms with Crippen molar-refractivity contribution >= 4 is 5.91 Å². The van der Waals surface area contributed by atoms with Gasteiger partial charge in [0.1, 0.15) is 0 Å². The highest BCUT2D eigenvalue weighted by Gasteiger charge is 2.03. The van der Waals surface area contributed by atoms with Gasteiger partial charge in [0.2, 0.25) is 5.91 Å². The van der Waals surface area contributed by atoms with Crippen LogP contribution in [0.2, 0.25) is 0 Å². The standard InChI is InChI=1S/C10H18N2O/c1-11-10(13)8-12-7-6-9-4-2-3-5-9/h4,12H,2-3,5-8H2,1H3,(H,11,13). The van der Waals surface area contributed by atoms with Gasteiger partial charge in [-0.2, -0.15) is 0 Å². The molecule has 0 saturated carbocycles. The van der Waals surface area contributed by atoms with Gasteiger partial charge in [0.25, 0.3) is 0 Å². The average molecular weight is 182 g/mol. The van der Waals surface area contributed by atoms with Crippen LogP contribution < -0.4 is 10.6 Å². The van der Waals surface area contributed by atoms with E-state index in [0.29, 0.717) is 6.54 Å². The van der Waals surface area contributed by atoms with Crippen molar-refractivity contribution in [3.05, 3.63) is 11.6 Å². The van der Waals surface area contributed by atoms with Gasteiger partial charge < -0.3 is 10.6 Å². The van der Waals surface area contributed by atoms with Crippen LogP contribution in [0.25, 0.3) is 0 Å². The van der Waals surface area contributed by atoms with E-state index < -0.39 is 0 Å². The Balaban J connectivity index is 1.97. The molecular formula is C10H18N2O. The quantitative estimate of drug-likeness (QED) is 0.488. The molecule has 2 N–H and O–H groups in total. The van der Waals surface area contributed by atoms with Crippen LogP contribution in [-0.2, 0) is 4.79 Å². The molecule has 0 unspecified atom stereocenters. The highest BCUT2D eigenvalue weighted by atomic mass is 16.1. The zero-order valence-corrected chi connectivity index (χ0v) is 8.23. The minimum atomic E-state index is 0.0559. The highest BCUT2D eigenvalue weighted by molar-refractivity contribution is 5.77. The van der Waals surface area contributed by atoms with E-state index in [0.717, 1.165) is 13.0 Å². The molecule has 0 fully saturated rings. The maximum absolute atomic E-state index is 10.8. The van der Waals surface area contributed by atoms with Crippen molar-refractivity contribution in [2.45, 2.75) is 25.7 Å². The third-order valence-corrected chi connectivity index (χ3v) is 2.32. The van der Waals surface area contributed by atoms with Gasteiger partial charge >= 0.3 is 0 Å². The minimum absolute atomic E-state index is 0.0559. The predicted molar refractivity (Wildman–Crippen MR) is 53.5 cm³/mol. The van der Waals surface area contributed by atoms with Crippen LogP contribution in [-0.4, -0.2) is 26.0 Å². The fraction of sp³-hybridized carbons (Fsp3) is 0.700. The van der Waals surface area contributed by atoms with Gasteiger partial charge in [0, 0.05) is 7.05 Å². The summed E-state index contributed by atoms with van der Waals surface area (Å²) < 4.78 is 0. The number of amides is 1. The number of likely N-dealkylation sites (N-methyl/N-ethyl adjacent to an activating group) is 1. The highest BCUT2D eigenvalue weighted by Crippen LogP contribution is 2.19. The molecule has 0 aromatic rings. The molecule has 0 aliphatic heterocycles. The number of carbonyl (C=O) groups excluding carboxylic acids is 1. The molecule has 74 valence electrons. The van der Waals surface area contributed by atoms with Crippen LogP contribution in [0.4, 0.5) is 0 Å². The van der Waals surface area contributed by atoms with Crippen LogP contribution in [0.3, 0.4) is 0 Å². The van der Waals surface area contributed by atoms with Crippen molar-refractivity contribution in [3.8, 4) is 0 Å². The van der Waals surface area contributed by atoms with Crippen molar-refractivity contribution in [1.29, 1.82) is 0 Å². The summed E-state index contributed by atoms with van der Waals surface area (Å²) in [6.07, 6.45) is 7.22. The fourth-order valence-corrected chi connectivity index (χ4v) is 1.50. The van der Waals surface area contributed by atoms with Gasteiger partial charge in [0.15, 0.2) is 0 Å². The second kappa shape index (κ2) is 5.75. The number of rotatable bonds is 5. The third kappa shape index (κ3) is 4.08. The van der Waals surface area contributed by atoms with E-state index in [4.69, 9.17) is 0 Å². The van der Waals surface area contributed by atoms with Gasteiger partial charge in [0.05, 0.1) is 6.54 Å². The second-order valence-corrected chi connectivity index (χ2v) is 3.35. The van der Waals surface area contributed by atoms with E-state index in [1.165, 1.54) is 19.3 Å². The Labute approximate surface area is 79.6 Å². The number of carbonyl (C=O) groups is 1. The summed E-state index contributed by atoms with van der Waals surface area (Å²) in [5.41, 5.74) is 1.55. The summed E-state index contributed by atoms with van der Waals surface area (Å²) in [5.74, 6) is 0.0559. The van der Waals surface area contributed by atoms with Crippen molar-refractivity contribution in [1.82, 2.24) is 10.6 Å². The zero-order chi connectivity index (χ0) is 9.52. The van der Waals surface area contributed by atoms with Gasteiger partial charge in [-0.05, 0) is 32.2 Å². The summed E-state index contributed by atoms with van der Waals surface area (Å²) in [6.45, 7) is 1.35. The van der Waals surface area contributed by atoms with E-state index >= 15 is 0 Å². The lowest BCUT2D eigenvalue weighted by Crippen LogP contribution is -2.31. The topological polar surface area (TPSA) is 41.1 Å². The van der Waals surface area contributed by atoms with Crippen molar-refractivity contribution in [3.63, 3.8) is 0 Å². The Morgan fingerprint density at radius 1 is 1.62 bits per heavy atom. The maximum Gasteiger partial charge on any atom is 0.233 e. The Morgan fingerprint density at radius 2 is 2.46 bits per heavy atom. The molecule has 0 heterocycles. The monoisotopic (exact) mass is 182 g/mol. The molecule has 0 bridgehead atoms. The normalized spacial score (nSPS) is 15.6. The van der Waals surface area contributed by atoms with E-state index in [-0.39, 0.29) is 5.91 Å². The van der Waals surface area contributed by atoms with Crippen molar-refractivity contribution < 1.29 is 4.79 Å². The third-order valence-electron chi connectivity index (χ3n) is 2.32. The summed E-state index contributed by atoms with van der Waals surface area (Å²) in [4.78, 5) is 10.8. The van der Waals surface area contributed by atoms with Crippen molar-refractivity contribution in [2.75, 3.05) is 20.1 Å². The number of allylic oxidation sites excluding steroid dienone is 1. The first kappa shape index (κ1) is 10.3. The Hall–Kier alpha value is -0.830. The molecule has 0 aromatic heterocycles. The second-order valence-electron chi connectivity index (χ2n) is 3.35. The lowest BCUT2D eigenvalue weighted by Gasteiger charge is -2.03.